The summed E-state index contributed by atoms with van der Waals surface area (Å²) in [6.45, 7) is 0.972. The Hall–Kier alpha value is -1.67. The van der Waals surface area contributed by atoms with Crippen LogP contribution in [0, 0.1) is 0 Å². The van der Waals surface area contributed by atoms with Gasteiger partial charge in [-0.15, -0.1) is 0 Å². The first kappa shape index (κ1) is 11.4. The van der Waals surface area contributed by atoms with Gasteiger partial charge in [0.2, 0.25) is 0 Å². The highest BCUT2D eigenvalue weighted by Crippen LogP contribution is 2.26. The molecular weight excluding hydrogens is 220 g/mol. The third kappa shape index (κ3) is 2.44. The molecule has 0 amide bonds. The summed E-state index contributed by atoms with van der Waals surface area (Å²) < 4.78 is 0. The maximum atomic E-state index is 4.39. The first-order chi connectivity index (χ1) is 8.93. The smallest absolute Gasteiger partial charge is 0.119 e. The van der Waals surface area contributed by atoms with Crippen molar-refractivity contribution in [3.05, 3.63) is 65.5 Å². The van der Waals surface area contributed by atoms with Gasteiger partial charge in [0.05, 0.1) is 5.69 Å². The zero-order valence-corrected chi connectivity index (χ0v) is 10.5. The van der Waals surface area contributed by atoms with E-state index < -0.39 is 0 Å². The number of quaternary nitrogens is 1. The molecule has 0 bridgehead atoms. The van der Waals surface area contributed by atoms with Crippen LogP contribution >= 0.6 is 0 Å². The van der Waals surface area contributed by atoms with E-state index in [2.05, 4.69) is 46.7 Å². The Kier molecular flexibility index (Phi) is 3.37. The van der Waals surface area contributed by atoms with Crippen LogP contribution in [0.15, 0.2) is 48.7 Å². The second-order valence-electron chi connectivity index (χ2n) is 4.96. The fourth-order valence-corrected chi connectivity index (χ4v) is 2.82. The van der Waals surface area contributed by atoms with Crippen LogP contribution in [-0.4, -0.2) is 4.98 Å². The maximum Gasteiger partial charge on any atom is 0.119 e. The second-order valence-corrected chi connectivity index (χ2v) is 4.96. The number of fused-ring (bicyclic) bond motifs is 1. The highest BCUT2D eigenvalue weighted by molar-refractivity contribution is 5.30. The molecule has 1 aliphatic carbocycles. The van der Waals surface area contributed by atoms with Crippen LogP contribution in [0.25, 0.3) is 0 Å². The van der Waals surface area contributed by atoms with Crippen LogP contribution in [-0.2, 0) is 13.0 Å². The Labute approximate surface area is 108 Å². The van der Waals surface area contributed by atoms with E-state index in [-0.39, 0.29) is 0 Å². The van der Waals surface area contributed by atoms with E-state index in [0.29, 0.717) is 6.04 Å². The molecule has 0 fully saturated rings. The molecule has 1 aliphatic rings. The van der Waals surface area contributed by atoms with Gasteiger partial charge in [-0.3, -0.25) is 4.98 Å². The number of hydrogen-bond acceptors (Lipinski definition) is 1. The molecule has 0 radical (unpaired) electrons. The second kappa shape index (κ2) is 5.32. The van der Waals surface area contributed by atoms with E-state index in [4.69, 9.17) is 0 Å². The predicted octanol–water partition coefficient (Wildman–Crippen LogP) is 2.22. The first-order valence-corrected chi connectivity index (χ1v) is 6.74. The molecule has 1 aromatic carbocycles. The molecule has 18 heavy (non-hydrogen) atoms. The number of rotatable bonds is 3. The molecule has 0 aliphatic heterocycles. The van der Waals surface area contributed by atoms with Gasteiger partial charge in [-0.1, -0.05) is 30.3 Å². The number of nitrogens with zero attached hydrogens (tertiary/aromatic N) is 1. The Bertz CT molecular complexity index is 508. The minimum absolute atomic E-state index is 0.608. The number of aromatic nitrogens is 1. The van der Waals surface area contributed by atoms with Gasteiger partial charge in [-0.2, -0.15) is 0 Å². The largest absolute Gasteiger partial charge is 0.335 e. The van der Waals surface area contributed by atoms with Gasteiger partial charge in [-0.25, -0.2) is 0 Å². The molecule has 2 aromatic rings. The lowest BCUT2D eigenvalue weighted by Crippen LogP contribution is -2.84. The summed E-state index contributed by atoms with van der Waals surface area (Å²) >= 11 is 0. The topological polar surface area (TPSA) is 29.5 Å². The van der Waals surface area contributed by atoms with E-state index in [1.165, 1.54) is 36.1 Å². The van der Waals surface area contributed by atoms with E-state index in [1.54, 1.807) is 0 Å². The molecule has 1 atom stereocenters. The van der Waals surface area contributed by atoms with Crippen molar-refractivity contribution < 1.29 is 5.32 Å². The van der Waals surface area contributed by atoms with Gasteiger partial charge < -0.3 is 5.32 Å². The summed E-state index contributed by atoms with van der Waals surface area (Å²) in [4.78, 5) is 4.39. The third-order valence-electron chi connectivity index (χ3n) is 3.75. The summed E-state index contributed by atoms with van der Waals surface area (Å²) in [5.41, 5.74) is 4.23. The van der Waals surface area contributed by atoms with E-state index in [1.807, 2.05) is 12.3 Å². The normalized spacial score (nSPS) is 18.3. The van der Waals surface area contributed by atoms with Gasteiger partial charge >= 0.3 is 0 Å². The summed E-state index contributed by atoms with van der Waals surface area (Å²) in [6.07, 6.45) is 5.70. The average molecular weight is 239 g/mol. The Morgan fingerprint density at radius 3 is 2.89 bits per heavy atom. The Balaban J connectivity index is 1.71. The highest BCUT2D eigenvalue weighted by atomic mass is 14.9. The fourth-order valence-electron chi connectivity index (χ4n) is 2.82. The monoisotopic (exact) mass is 239 g/mol. The first-order valence-electron chi connectivity index (χ1n) is 6.74. The lowest BCUT2D eigenvalue weighted by molar-refractivity contribution is -0.712. The van der Waals surface area contributed by atoms with Crippen LogP contribution in [0.1, 0.15) is 35.7 Å². The van der Waals surface area contributed by atoms with Crippen molar-refractivity contribution in [2.75, 3.05) is 0 Å². The number of aryl methyl sites for hydroxylation is 1. The molecule has 0 saturated carbocycles. The number of hydrogen-bond donors (Lipinski definition) is 1. The summed E-state index contributed by atoms with van der Waals surface area (Å²) in [5.74, 6) is 0. The fraction of sp³-hybridized carbons (Fsp3) is 0.312. The zero-order valence-electron chi connectivity index (χ0n) is 10.5. The molecule has 2 heteroatoms. The highest BCUT2D eigenvalue weighted by Gasteiger charge is 2.22. The Morgan fingerprint density at radius 2 is 2.00 bits per heavy atom. The van der Waals surface area contributed by atoms with Crippen LogP contribution in [0.5, 0.6) is 0 Å². The zero-order chi connectivity index (χ0) is 12.2. The van der Waals surface area contributed by atoms with Crippen molar-refractivity contribution >= 4 is 0 Å². The van der Waals surface area contributed by atoms with Crippen molar-refractivity contribution in [3.8, 4) is 0 Å². The van der Waals surface area contributed by atoms with Gasteiger partial charge in [-0.05, 0) is 30.5 Å². The molecule has 2 nitrogen and oxygen atoms in total. The lowest BCUT2D eigenvalue weighted by atomic mass is 9.88. The molecule has 1 aromatic heterocycles. The molecule has 1 heterocycles. The minimum atomic E-state index is 0.608. The van der Waals surface area contributed by atoms with Crippen molar-refractivity contribution in [1.82, 2.24) is 4.98 Å². The van der Waals surface area contributed by atoms with Crippen LogP contribution in [0.2, 0.25) is 0 Å². The quantitative estimate of drug-likeness (QED) is 0.874. The number of nitrogens with two attached hydrogens (primary N) is 1. The van der Waals surface area contributed by atoms with Gasteiger partial charge in [0, 0.05) is 18.2 Å². The number of pyridine rings is 1. The van der Waals surface area contributed by atoms with E-state index in [9.17, 15) is 0 Å². The molecular formula is C16H19N2+. The van der Waals surface area contributed by atoms with Crippen molar-refractivity contribution in [3.63, 3.8) is 0 Å². The SMILES string of the molecule is c1ccc(C[NH2+][C@@H]2CCCc3ccccc32)nc1. The van der Waals surface area contributed by atoms with E-state index >= 15 is 0 Å². The lowest BCUT2D eigenvalue weighted by Gasteiger charge is -2.23. The van der Waals surface area contributed by atoms with Gasteiger partial charge in [0.15, 0.2) is 0 Å². The van der Waals surface area contributed by atoms with Crippen molar-refractivity contribution in [2.24, 2.45) is 0 Å². The maximum absolute atomic E-state index is 4.39. The van der Waals surface area contributed by atoms with Crippen molar-refractivity contribution in [2.45, 2.75) is 31.8 Å². The molecule has 92 valence electrons. The number of benzene rings is 1. The molecule has 2 N–H and O–H groups in total. The minimum Gasteiger partial charge on any atom is -0.335 e. The van der Waals surface area contributed by atoms with Crippen LogP contribution in [0.4, 0.5) is 0 Å². The summed E-state index contributed by atoms with van der Waals surface area (Å²) in [6, 6.07) is 15.6. The molecule has 3 rings (SSSR count). The van der Waals surface area contributed by atoms with Crippen LogP contribution < -0.4 is 5.32 Å². The predicted molar refractivity (Wildman–Crippen MR) is 72.0 cm³/mol. The van der Waals surface area contributed by atoms with Crippen LogP contribution in [0.3, 0.4) is 0 Å². The molecule has 0 saturated heterocycles. The third-order valence-corrected chi connectivity index (χ3v) is 3.75. The standard InChI is InChI=1S/C16H18N2/c1-2-9-15-13(6-1)7-5-10-16(15)18-12-14-8-3-4-11-17-14/h1-4,6,8-9,11,16,18H,5,7,10,12H2/p+1/t16-/m1/s1. The summed E-state index contributed by atoms with van der Waals surface area (Å²) in [7, 11) is 0. The molecule has 0 unspecified atom stereocenters. The average Bonchev–Trinajstić information content (AvgIpc) is 2.46. The van der Waals surface area contributed by atoms with E-state index in [0.717, 1.165) is 6.54 Å². The summed E-state index contributed by atoms with van der Waals surface area (Å²) in [5, 5.41) is 2.43. The molecule has 0 spiro atoms. The van der Waals surface area contributed by atoms with Crippen molar-refractivity contribution in [1.29, 1.82) is 0 Å². The van der Waals surface area contributed by atoms with Gasteiger partial charge in [0.25, 0.3) is 0 Å². The Morgan fingerprint density at radius 1 is 1.11 bits per heavy atom. The van der Waals surface area contributed by atoms with Gasteiger partial charge in [0.1, 0.15) is 12.6 Å².